The van der Waals surface area contributed by atoms with Crippen LogP contribution in [0.15, 0.2) is 84.0 Å². The molecule has 0 aliphatic rings. The molecule has 0 aliphatic carbocycles. The average Bonchev–Trinajstić information content (AvgIpc) is 2.72. The third-order valence-corrected chi connectivity index (χ3v) is 4.47. The highest BCUT2D eigenvalue weighted by Crippen LogP contribution is 2.18. The lowest BCUT2D eigenvalue weighted by molar-refractivity contribution is -0.156. The number of halogens is 1. The lowest BCUT2D eigenvalue weighted by Crippen LogP contribution is -2.33. The van der Waals surface area contributed by atoms with Crippen LogP contribution in [-0.4, -0.2) is 28.3 Å². The standard InChI is InChI=1S/C25H25ClN2O2/c1-25(2,3)30-24(29)22(16-21-15-14-20(26)17-27-21)28-23(18-10-6-4-7-11-18)19-12-8-5-9-13-19/h4-15,17,22H,16H2,1-3H3. The van der Waals surface area contributed by atoms with Crippen molar-refractivity contribution in [1.82, 2.24) is 4.98 Å². The molecule has 1 atom stereocenters. The molecule has 3 rings (SSSR count). The van der Waals surface area contributed by atoms with Crippen LogP contribution >= 0.6 is 11.6 Å². The molecule has 0 saturated heterocycles. The number of hydrogen-bond acceptors (Lipinski definition) is 4. The molecule has 2 aromatic carbocycles. The van der Waals surface area contributed by atoms with Crippen molar-refractivity contribution in [2.75, 3.05) is 0 Å². The summed E-state index contributed by atoms with van der Waals surface area (Å²) in [6, 6.07) is 22.5. The summed E-state index contributed by atoms with van der Waals surface area (Å²) >= 11 is 5.96. The molecular formula is C25H25ClN2O2. The number of rotatable bonds is 6. The lowest BCUT2D eigenvalue weighted by atomic mass is 10.0. The van der Waals surface area contributed by atoms with Crippen molar-refractivity contribution in [3.05, 3.63) is 101 Å². The topological polar surface area (TPSA) is 51.5 Å². The Balaban J connectivity index is 2.05. The molecule has 0 aliphatic heterocycles. The number of carbonyl (C=O) groups excluding carboxylic acids is 1. The van der Waals surface area contributed by atoms with Gasteiger partial charge in [-0.3, -0.25) is 9.98 Å². The fourth-order valence-electron chi connectivity index (χ4n) is 2.94. The first-order chi connectivity index (χ1) is 14.3. The van der Waals surface area contributed by atoms with E-state index in [0.717, 1.165) is 22.5 Å². The van der Waals surface area contributed by atoms with Gasteiger partial charge in [0.2, 0.25) is 0 Å². The zero-order valence-electron chi connectivity index (χ0n) is 17.4. The first-order valence-corrected chi connectivity index (χ1v) is 10.2. The van der Waals surface area contributed by atoms with Crippen LogP contribution in [0, 0.1) is 0 Å². The molecule has 1 aromatic heterocycles. The minimum absolute atomic E-state index is 0.315. The summed E-state index contributed by atoms with van der Waals surface area (Å²) in [5, 5.41) is 0.547. The second-order valence-corrected chi connectivity index (χ2v) is 8.37. The van der Waals surface area contributed by atoms with Crippen LogP contribution in [0.3, 0.4) is 0 Å². The van der Waals surface area contributed by atoms with Crippen LogP contribution in [0.2, 0.25) is 5.02 Å². The van der Waals surface area contributed by atoms with Crippen molar-refractivity contribution in [2.45, 2.75) is 38.8 Å². The molecule has 0 bridgehead atoms. The molecule has 0 amide bonds. The number of esters is 1. The largest absolute Gasteiger partial charge is 0.458 e. The van der Waals surface area contributed by atoms with Gasteiger partial charge >= 0.3 is 5.97 Å². The molecule has 154 valence electrons. The van der Waals surface area contributed by atoms with Gasteiger partial charge < -0.3 is 4.74 Å². The number of carbonyl (C=O) groups is 1. The van der Waals surface area contributed by atoms with Crippen LogP contribution < -0.4 is 0 Å². The molecule has 0 N–H and O–H groups in total. The van der Waals surface area contributed by atoms with E-state index in [1.807, 2.05) is 81.4 Å². The van der Waals surface area contributed by atoms with Crippen molar-refractivity contribution in [2.24, 2.45) is 4.99 Å². The molecule has 30 heavy (non-hydrogen) atoms. The smallest absolute Gasteiger partial charge is 0.331 e. The summed E-state index contributed by atoms with van der Waals surface area (Å²) in [7, 11) is 0. The fraction of sp³-hybridized carbons (Fsp3) is 0.240. The number of benzene rings is 2. The van der Waals surface area contributed by atoms with E-state index >= 15 is 0 Å². The molecule has 0 radical (unpaired) electrons. The van der Waals surface area contributed by atoms with E-state index in [1.165, 1.54) is 0 Å². The van der Waals surface area contributed by atoms with Gasteiger partial charge in [-0.2, -0.15) is 0 Å². The van der Waals surface area contributed by atoms with Crippen LogP contribution in [0.4, 0.5) is 0 Å². The second kappa shape index (κ2) is 9.68. The Labute approximate surface area is 182 Å². The molecule has 3 aromatic rings. The third kappa shape index (κ3) is 6.26. The zero-order chi connectivity index (χ0) is 21.6. The molecule has 0 spiro atoms. The molecular weight excluding hydrogens is 396 g/mol. The highest BCUT2D eigenvalue weighted by atomic mass is 35.5. The van der Waals surface area contributed by atoms with Gasteiger partial charge in [0.25, 0.3) is 0 Å². The van der Waals surface area contributed by atoms with Gasteiger partial charge in [0.1, 0.15) is 5.60 Å². The van der Waals surface area contributed by atoms with Gasteiger partial charge in [0.05, 0.1) is 10.7 Å². The minimum Gasteiger partial charge on any atom is -0.458 e. The summed E-state index contributed by atoms with van der Waals surface area (Å²) in [4.78, 5) is 22.3. The van der Waals surface area contributed by atoms with Gasteiger partial charge in [-0.15, -0.1) is 0 Å². The maximum absolute atomic E-state index is 13.0. The lowest BCUT2D eigenvalue weighted by Gasteiger charge is -2.23. The Morgan fingerprint density at radius 2 is 1.53 bits per heavy atom. The van der Waals surface area contributed by atoms with Crippen LogP contribution in [0.25, 0.3) is 0 Å². The zero-order valence-corrected chi connectivity index (χ0v) is 18.1. The van der Waals surface area contributed by atoms with E-state index in [9.17, 15) is 4.79 Å². The summed E-state index contributed by atoms with van der Waals surface area (Å²) in [6.07, 6.45) is 1.89. The van der Waals surface area contributed by atoms with Gasteiger partial charge in [-0.1, -0.05) is 72.3 Å². The van der Waals surface area contributed by atoms with E-state index in [0.29, 0.717) is 11.4 Å². The van der Waals surface area contributed by atoms with E-state index in [1.54, 1.807) is 18.3 Å². The van der Waals surface area contributed by atoms with E-state index in [4.69, 9.17) is 21.3 Å². The van der Waals surface area contributed by atoms with E-state index < -0.39 is 11.6 Å². The number of aromatic nitrogens is 1. The van der Waals surface area contributed by atoms with Crippen molar-refractivity contribution in [3.8, 4) is 0 Å². The van der Waals surface area contributed by atoms with Gasteiger partial charge in [0, 0.05) is 29.4 Å². The summed E-state index contributed by atoms with van der Waals surface area (Å²) < 4.78 is 5.67. The Bertz CT molecular complexity index is 953. The molecule has 0 fully saturated rings. The first-order valence-electron chi connectivity index (χ1n) is 9.84. The van der Waals surface area contributed by atoms with Crippen molar-refractivity contribution < 1.29 is 9.53 Å². The quantitative estimate of drug-likeness (QED) is 0.389. The predicted octanol–water partition coefficient (Wildman–Crippen LogP) is 5.53. The highest BCUT2D eigenvalue weighted by Gasteiger charge is 2.26. The Hall–Kier alpha value is -2.98. The van der Waals surface area contributed by atoms with Gasteiger partial charge in [-0.05, 0) is 32.9 Å². The molecule has 0 saturated carbocycles. The maximum Gasteiger partial charge on any atom is 0.331 e. The Morgan fingerprint density at radius 1 is 0.967 bits per heavy atom. The monoisotopic (exact) mass is 420 g/mol. The number of aliphatic imine (C=N–C) groups is 1. The number of ether oxygens (including phenoxy) is 1. The fourth-order valence-corrected chi connectivity index (χ4v) is 3.05. The predicted molar refractivity (Wildman–Crippen MR) is 121 cm³/mol. The maximum atomic E-state index is 13.0. The minimum atomic E-state index is -0.742. The Kier molecular flexibility index (Phi) is 7.01. The highest BCUT2D eigenvalue weighted by molar-refractivity contribution is 6.30. The van der Waals surface area contributed by atoms with Crippen molar-refractivity contribution >= 4 is 23.3 Å². The molecule has 1 heterocycles. The van der Waals surface area contributed by atoms with Gasteiger partial charge in [0.15, 0.2) is 6.04 Å². The number of hydrogen-bond donors (Lipinski definition) is 0. The normalized spacial score (nSPS) is 12.1. The summed E-state index contributed by atoms with van der Waals surface area (Å²) in [5.41, 5.74) is 2.71. The van der Waals surface area contributed by atoms with Crippen LogP contribution in [0.1, 0.15) is 37.6 Å². The third-order valence-electron chi connectivity index (χ3n) is 4.25. The summed E-state index contributed by atoms with van der Waals surface area (Å²) in [5.74, 6) is -0.386. The SMILES string of the molecule is CC(C)(C)OC(=O)C(Cc1ccc(Cl)cn1)N=C(c1ccccc1)c1ccccc1. The van der Waals surface area contributed by atoms with Crippen LogP contribution in [0.5, 0.6) is 0 Å². The number of nitrogens with zero attached hydrogens (tertiary/aromatic N) is 2. The van der Waals surface area contributed by atoms with Gasteiger partial charge in [-0.25, -0.2) is 4.79 Å². The van der Waals surface area contributed by atoms with Crippen LogP contribution in [-0.2, 0) is 16.0 Å². The van der Waals surface area contributed by atoms with E-state index in [-0.39, 0.29) is 5.97 Å². The summed E-state index contributed by atoms with van der Waals surface area (Å²) in [6.45, 7) is 5.55. The first kappa shape index (κ1) is 21.7. The molecule has 5 heteroatoms. The molecule has 4 nitrogen and oxygen atoms in total. The second-order valence-electron chi connectivity index (χ2n) is 7.93. The molecule has 1 unspecified atom stereocenters. The van der Waals surface area contributed by atoms with Crippen molar-refractivity contribution in [3.63, 3.8) is 0 Å². The Morgan fingerprint density at radius 3 is 2.00 bits per heavy atom. The van der Waals surface area contributed by atoms with E-state index in [2.05, 4.69) is 4.98 Å². The van der Waals surface area contributed by atoms with Crippen molar-refractivity contribution in [1.29, 1.82) is 0 Å². The average molecular weight is 421 g/mol. The number of pyridine rings is 1.